The predicted octanol–water partition coefficient (Wildman–Crippen LogP) is 3.56. The molecule has 0 spiro atoms. The minimum absolute atomic E-state index is 0.260. The Hall–Kier alpha value is -2.29. The Morgan fingerprint density at radius 3 is 2.47 bits per heavy atom. The summed E-state index contributed by atoms with van der Waals surface area (Å²) in [7, 11) is 0. The summed E-state index contributed by atoms with van der Waals surface area (Å²) in [6.07, 6.45) is 0. The van der Waals surface area contributed by atoms with Crippen molar-refractivity contribution in [3.8, 4) is 11.1 Å². The van der Waals surface area contributed by atoms with Gasteiger partial charge in [-0.2, -0.15) is 0 Å². The number of nitrogens with two attached hydrogens (primary N) is 1. The van der Waals surface area contributed by atoms with Crippen molar-refractivity contribution < 1.29 is 4.39 Å². The van der Waals surface area contributed by atoms with Crippen molar-refractivity contribution in [2.24, 2.45) is 0 Å². The maximum absolute atomic E-state index is 13.8. The predicted molar refractivity (Wildman–Crippen MR) is 68.1 cm³/mol. The highest BCUT2D eigenvalue weighted by atomic mass is 19.1. The largest absolute Gasteiger partial charge is 0.385 e. The fourth-order valence-electron chi connectivity index (χ4n) is 2.12. The molecule has 0 aliphatic rings. The Kier molecular flexibility index (Phi) is 2.11. The maximum atomic E-state index is 13.8. The molecule has 0 aliphatic carbocycles. The first-order valence-corrected chi connectivity index (χ1v) is 5.38. The zero-order valence-corrected chi connectivity index (χ0v) is 9.07. The maximum Gasteiger partial charge on any atom is 0.131 e. The van der Waals surface area contributed by atoms with Gasteiger partial charge in [-0.1, -0.05) is 36.4 Å². The van der Waals surface area contributed by atoms with Crippen LogP contribution in [0.25, 0.3) is 22.0 Å². The van der Waals surface area contributed by atoms with E-state index in [2.05, 4.69) is 4.98 Å². The molecule has 0 radical (unpaired) electrons. The number of anilines is 1. The van der Waals surface area contributed by atoms with Crippen LogP contribution in [0.1, 0.15) is 0 Å². The number of benzene rings is 2. The highest BCUT2D eigenvalue weighted by Gasteiger charge is 2.13. The molecule has 2 nitrogen and oxygen atoms in total. The molecule has 0 unspecified atom stereocenters. The number of fused-ring (bicyclic) bond motifs is 1. The number of aromatic amines is 1. The second-order valence-corrected chi connectivity index (χ2v) is 3.94. The van der Waals surface area contributed by atoms with E-state index in [1.807, 2.05) is 24.3 Å². The Morgan fingerprint density at radius 1 is 0.941 bits per heavy atom. The Labute approximate surface area is 97.9 Å². The molecule has 17 heavy (non-hydrogen) atoms. The van der Waals surface area contributed by atoms with Crippen molar-refractivity contribution in [1.29, 1.82) is 0 Å². The van der Waals surface area contributed by atoms with Crippen molar-refractivity contribution >= 4 is 16.7 Å². The molecule has 3 aromatic rings. The van der Waals surface area contributed by atoms with Crippen LogP contribution in [0.3, 0.4) is 0 Å². The SMILES string of the molecule is Nc1[nH]c2ccccc2c1-c1ccccc1F. The molecule has 1 heterocycles. The second kappa shape index (κ2) is 3.63. The number of rotatable bonds is 1. The summed E-state index contributed by atoms with van der Waals surface area (Å²) in [5, 5.41) is 0.940. The first-order chi connectivity index (χ1) is 8.27. The number of nitrogen functional groups attached to an aromatic ring is 1. The number of H-pyrrole nitrogens is 1. The van der Waals surface area contributed by atoms with Crippen LogP contribution in [-0.2, 0) is 0 Å². The van der Waals surface area contributed by atoms with Crippen molar-refractivity contribution in [1.82, 2.24) is 4.98 Å². The average molecular weight is 226 g/mol. The molecular formula is C14H11FN2. The molecule has 0 saturated carbocycles. The van der Waals surface area contributed by atoms with E-state index in [-0.39, 0.29) is 5.82 Å². The average Bonchev–Trinajstić information content (AvgIpc) is 2.66. The lowest BCUT2D eigenvalue weighted by Crippen LogP contribution is -1.89. The van der Waals surface area contributed by atoms with Crippen LogP contribution >= 0.6 is 0 Å². The number of para-hydroxylation sites is 1. The molecule has 3 N–H and O–H groups in total. The van der Waals surface area contributed by atoms with Crippen LogP contribution in [0.2, 0.25) is 0 Å². The fourth-order valence-corrected chi connectivity index (χ4v) is 2.12. The number of aromatic nitrogens is 1. The van der Waals surface area contributed by atoms with E-state index in [9.17, 15) is 4.39 Å². The van der Waals surface area contributed by atoms with E-state index < -0.39 is 0 Å². The lowest BCUT2D eigenvalue weighted by atomic mass is 10.0. The molecule has 84 valence electrons. The molecular weight excluding hydrogens is 215 g/mol. The van der Waals surface area contributed by atoms with Crippen LogP contribution in [0, 0.1) is 5.82 Å². The topological polar surface area (TPSA) is 41.8 Å². The Bertz CT molecular complexity index is 686. The van der Waals surface area contributed by atoms with Gasteiger partial charge in [0.15, 0.2) is 0 Å². The molecule has 0 amide bonds. The first kappa shape index (κ1) is 9.90. The lowest BCUT2D eigenvalue weighted by molar-refractivity contribution is 0.631. The molecule has 0 bridgehead atoms. The van der Waals surface area contributed by atoms with Gasteiger partial charge in [-0.25, -0.2) is 4.39 Å². The summed E-state index contributed by atoms with van der Waals surface area (Å²) in [5.74, 6) is 0.236. The normalized spacial score (nSPS) is 10.9. The summed E-state index contributed by atoms with van der Waals surface area (Å²) in [6.45, 7) is 0. The third-order valence-electron chi connectivity index (χ3n) is 2.88. The minimum Gasteiger partial charge on any atom is -0.385 e. The van der Waals surface area contributed by atoms with E-state index in [1.54, 1.807) is 18.2 Å². The van der Waals surface area contributed by atoms with Crippen LogP contribution in [-0.4, -0.2) is 4.98 Å². The summed E-state index contributed by atoms with van der Waals surface area (Å²) in [5.41, 5.74) is 8.12. The summed E-state index contributed by atoms with van der Waals surface area (Å²) >= 11 is 0. The minimum atomic E-state index is -0.260. The highest BCUT2D eigenvalue weighted by molar-refractivity contribution is 6.01. The van der Waals surface area contributed by atoms with Crippen molar-refractivity contribution in [3.63, 3.8) is 0 Å². The van der Waals surface area contributed by atoms with E-state index in [0.717, 1.165) is 16.5 Å². The fraction of sp³-hybridized carbons (Fsp3) is 0. The van der Waals surface area contributed by atoms with Gasteiger partial charge in [0.1, 0.15) is 11.6 Å². The van der Waals surface area contributed by atoms with Crippen molar-refractivity contribution in [2.45, 2.75) is 0 Å². The number of halogens is 1. The molecule has 1 aromatic heterocycles. The summed E-state index contributed by atoms with van der Waals surface area (Å²) < 4.78 is 13.8. The lowest BCUT2D eigenvalue weighted by Gasteiger charge is -2.02. The van der Waals surface area contributed by atoms with Gasteiger partial charge < -0.3 is 10.7 Å². The van der Waals surface area contributed by atoms with Gasteiger partial charge in [0.2, 0.25) is 0 Å². The summed E-state index contributed by atoms with van der Waals surface area (Å²) in [4.78, 5) is 3.06. The third kappa shape index (κ3) is 1.47. The number of hydrogen-bond donors (Lipinski definition) is 2. The van der Waals surface area contributed by atoms with E-state index in [1.165, 1.54) is 6.07 Å². The van der Waals surface area contributed by atoms with Crippen LogP contribution in [0.5, 0.6) is 0 Å². The number of hydrogen-bond acceptors (Lipinski definition) is 1. The van der Waals surface area contributed by atoms with Crippen LogP contribution in [0.4, 0.5) is 10.2 Å². The van der Waals surface area contributed by atoms with Gasteiger partial charge in [-0.15, -0.1) is 0 Å². The Morgan fingerprint density at radius 2 is 1.65 bits per heavy atom. The monoisotopic (exact) mass is 226 g/mol. The zero-order chi connectivity index (χ0) is 11.8. The molecule has 0 atom stereocenters. The zero-order valence-electron chi connectivity index (χ0n) is 9.07. The number of nitrogens with one attached hydrogen (secondary N) is 1. The molecule has 3 heteroatoms. The van der Waals surface area contributed by atoms with E-state index in [0.29, 0.717) is 11.4 Å². The highest BCUT2D eigenvalue weighted by Crippen LogP contribution is 2.35. The van der Waals surface area contributed by atoms with Crippen LogP contribution < -0.4 is 5.73 Å². The summed E-state index contributed by atoms with van der Waals surface area (Å²) in [6, 6.07) is 14.4. The third-order valence-corrected chi connectivity index (χ3v) is 2.88. The smallest absolute Gasteiger partial charge is 0.131 e. The van der Waals surface area contributed by atoms with Gasteiger partial charge in [-0.3, -0.25) is 0 Å². The molecule has 2 aromatic carbocycles. The Balaban J connectivity index is 2.38. The van der Waals surface area contributed by atoms with Gasteiger partial charge in [0, 0.05) is 22.0 Å². The van der Waals surface area contributed by atoms with E-state index in [4.69, 9.17) is 5.73 Å². The van der Waals surface area contributed by atoms with Crippen LogP contribution in [0.15, 0.2) is 48.5 Å². The molecule has 3 rings (SSSR count). The van der Waals surface area contributed by atoms with Crippen molar-refractivity contribution in [2.75, 3.05) is 5.73 Å². The quantitative estimate of drug-likeness (QED) is 0.654. The first-order valence-electron chi connectivity index (χ1n) is 5.38. The molecule has 0 fully saturated rings. The van der Waals surface area contributed by atoms with E-state index >= 15 is 0 Å². The standard InChI is InChI=1S/C14H11FN2/c15-11-7-3-1-5-9(11)13-10-6-2-4-8-12(10)17-14(13)16/h1-8,17H,16H2. The van der Waals surface area contributed by atoms with Gasteiger partial charge in [0.05, 0.1) is 0 Å². The second-order valence-electron chi connectivity index (χ2n) is 3.94. The molecule has 0 saturated heterocycles. The van der Waals surface area contributed by atoms with Crippen molar-refractivity contribution in [3.05, 3.63) is 54.3 Å². The van der Waals surface area contributed by atoms with Gasteiger partial charge in [0.25, 0.3) is 0 Å². The van der Waals surface area contributed by atoms with Gasteiger partial charge >= 0.3 is 0 Å². The van der Waals surface area contributed by atoms with Gasteiger partial charge in [-0.05, 0) is 12.1 Å². The molecule has 0 aliphatic heterocycles.